The Bertz CT molecular complexity index is 919. The van der Waals surface area contributed by atoms with Crippen molar-refractivity contribution in [2.75, 3.05) is 0 Å². The summed E-state index contributed by atoms with van der Waals surface area (Å²) in [4.78, 5) is 13.0. The van der Waals surface area contributed by atoms with Gasteiger partial charge in [-0.25, -0.2) is 4.39 Å². The molecule has 0 saturated heterocycles. The number of hydrogen-bond donors (Lipinski definition) is 1. The Morgan fingerprint density at radius 1 is 1.15 bits per heavy atom. The van der Waals surface area contributed by atoms with Gasteiger partial charge in [-0.15, -0.1) is 22.0 Å². The highest BCUT2D eigenvalue weighted by Gasteiger charge is 2.13. The predicted octanol–water partition coefficient (Wildman–Crippen LogP) is 5.21. The monoisotopic (exact) mass is 427 g/mol. The summed E-state index contributed by atoms with van der Waals surface area (Å²) in [6.45, 7) is 0.293. The molecule has 0 aliphatic rings. The Labute approximate surface area is 167 Å². The van der Waals surface area contributed by atoms with Crippen molar-refractivity contribution in [2.24, 2.45) is 0 Å². The second-order valence-electron chi connectivity index (χ2n) is 5.17. The van der Waals surface area contributed by atoms with Crippen molar-refractivity contribution >= 4 is 52.2 Å². The van der Waals surface area contributed by atoms with E-state index in [0.717, 1.165) is 10.5 Å². The molecule has 0 saturated carbocycles. The van der Waals surface area contributed by atoms with Crippen molar-refractivity contribution in [3.8, 4) is 0 Å². The third-order valence-electron chi connectivity index (χ3n) is 3.27. The number of amides is 1. The van der Waals surface area contributed by atoms with Crippen LogP contribution < -0.4 is 5.32 Å². The average Bonchev–Trinajstić information content (AvgIpc) is 3.11. The summed E-state index contributed by atoms with van der Waals surface area (Å²) in [5.74, 6) is -0.0989. The Balaban J connectivity index is 1.55. The third-order valence-corrected chi connectivity index (χ3v) is 6.12. The van der Waals surface area contributed by atoms with Gasteiger partial charge in [0.05, 0.1) is 10.8 Å². The zero-order valence-corrected chi connectivity index (χ0v) is 16.4. The van der Waals surface area contributed by atoms with Gasteiger partial charge in [-0.3, -0.25) is 4.79 Å². The fraction of sp³-hybridized carbons (Fsp3) is 0.118. The predicted molar refractivity (Wildman–Crippen MR) is 104 cm³/mol. The topological polar surface area (TPSA) is 54.9 Å². The number of carbonyl (C=O) groups is 1. The molecule has 0 spiro atoms. The molecule has 0 bridgehead atoms. The molecule has 3 aromatic rings. The van der Waals surface area contributed by atoms with Crippen LogP contribution in [0.2, 0.25) is 10.0 Å². The first-order chi connectivity index (χ1) is 12.5. The van der Waals surface area contributed by atoms with E-state index in [2.05, 4.69) is 15.5 Å². The van der Waals surface area contributed by atoms with Gasteiger partial charge in [0.1, 0.15) is 10.8 Å². The molecule has 0 radical (unpaired) electrons. The van der Waals surface area contributed by atoms with E-state index >= 15 is 0 Å². The van der Waals surface area contributed by atoms with Crippen LogP contribution in [0.15, 0.2) is 47.4 Å². The number of rotatable bonds is 6. The number of aromatic nitrogens is 2. The van der Waals surface area contributed by atoms with Gasteiger partial charge in [-0.1, -0.05) is 46.7 Å². The molecule has 2 aromatic carbocycles. The molecule has 1 heterocycles. The van der Waals surface area contributed by atoms with Crippen LogP contribution in [0.4, 0.5) is 4.39 Å². The maximum absolute atomic E-state index is 12.9. The number of hydrogen-bond acceptors (Lipinski definition) is 5. The molecule has 1 aromatic heterocycles. The summed E-state index contributed by atoms with van der Waals surface area (Å²) in [6.07, 6.45) is 0. The van der Waals surface area contributed by atoms with Gasteiger partial charge in [-0.2, -0.15) is 0 Å². The van der Waals surface area contributed by atoms with E-state index in [9.17, 15) is 9.18 Å². The molecular weight excluding hydrogens is 416 g/mol. The molecule has 0 atom stereocenters. The standard InChI is InChI=1S/C17H12Cl2FN3OS2/c18-11-3-6-13(19)14(7-11)25-9-15-22-23-17(26-15)16(24)21-8-10-1-4-12(20)5-2-10/h1-7H,8-9H2,(H,21,24). The summed E-state index contributed by atoms with van der Waals surface area (Å²) in [5, 5.41) is 12.9. The fourth-order valence-corrected chi connectivity index (χ4v) is 4.23. The van der Waals surface area contributed by atoms with Crippen molar-refractivity contribution in [1.29, 1.82) is 0 Å². The van der Waals surface area contributed by atoms with Gasteiger partial charge < -0.3 is 5.32 Å². The van der Waals surface area contributed by atoms with E-state index in [1.807, 2.05) is 0 Å². The first-order valence-corrected chi connectivity index (χ1v) is 10.00. The van der Waals surface area contributed by atoms with Gasteiger partial charge in [0.15, 0.2) is 0 Å². The minimum atomic E-state index is -0.316. The minimum Gasteiger partial charge on any atom is -0.346 e. The second-order valence-corrected chi connectivity index (χ2v) is 8.10. The van der Waals surface area contributed by atoms with E-state index in [-0.39, 0.29) is 16.7 Å². The van der Waals surface area contributed by atoms with E-state index < -0.39 is 0 Å². The summed E-state index contributed by atoms with van der Waals surface area (Å²) >= 11 is 14.8. The Kier molecular flexibility index (Phi) is 6.48. The van der Waals surface area contributed by atoms with Crippen molar-refractivity contribution in [3.63, 3.8) is 0 Å². The van der Waals surface area contributed by atoms with Crippen LogP contribution in [0.5, 0.6) is 0 Å². The number of carbonyl (C=O) groups excluding carboxylic acids is 1. The quantitative estimate of drug-likeness (QED) is 0.548. The van der Waals surface area contributed by atoms with Crippen molar-refractivity contribution in [1.82, 2.24) is 15.5 Å². The Hall–Kier alpha value is -1.67. The molecule has 0 fully saturated rings. The van der Waals surface area contributed by atoms with E-state index in [0.29, 0.717) is 27.4 Å². The molecule has 0 aliphatic carbocycles. The lowest BCUT2D eigenvalue weighted by Gasteiger charge is -2.03. The molecule has 3 rings (SSSR count). The number of thioether (sulfide) groups is 1. The Morgan fingerprint density at radius 2 is 1.92 bits per heavy atom. The van der Waals surface area contributed by atoms with E-state index in [1.165, 1.54) is 35.2 Å². The minimum absolute atomic E-state index is 0.278. The van der Waals surface area contributed by atoms with Crippen LogP contribution in [0.25, 0.3) is 0 Å². The summed E-state index contributed by atoms with van der Waals surface area (Å²) in [5.41, 5.74) is 0.802. The fourth-order valence-electron chi connectivity index (χ4n) is 1.99. The highest BCUT2D eigenvalue weighted by atomic mass is 35.5. The molecule has 1 N–H and O–H groups in total. The maximum Gasteiger partial charge on any atom is 0.282 e. The van der Waals surface area contributed by atoms with Gasteiger partial charge in [0.2, 0.25) is 5.01 Å². The number of nitrogens with zero attached hydrogens (tertiary/aromatic N) is 2. The first kappa shape index (κ1) is 19.1. The molecule has 134 valence electrons. The van der Waals surface area contributed by atoms with Crippen LogP contribution in [-0.2, 0) is 12.3 Å². The third kappa shape index (κ3) is 5.17. The highest BCUT2D eigenvalue weighted by Crippen LogP contribution is 2.32. The molecule has 0 aliphatic heterocycles. The summed E-state index contributed by atoms with van der Waals surface area (Å²) < 4.78 is 12.9. The smallest absolute Gasteiger partial charge is 0.282 e. The molecular formula is C17H12Cl2FN3OS2. The molecule has 9 heteroatoms. The molecule has 4 nitrogen and oxygen atoms in total. The van der Waals surface area contributed by atoms with Crippen LogP contribution in [0.3, 0.4) is 0 Å². The van der Waals surface area contributed by atoms with Crippen LogP contribution >= 0.6 is 46.3 Å². The maximum atomic E-state index is 12.9. The molecule has 26 heavy (non-hydrogen) atoms. The first-order valence-electron chi connectivity index (χ1n) is 7.44. The van der Waals surface area contributed by atoms with E-state index in [4.69, 9.17) is 23.2 Å². The zero-order chi connectivity index (χ0) is 18.5. The number of nitrogens with one attached hydrogen (secondary N) is 1. The van der Waals surface area contributed by atoms with Gasteiger partial charge in [-0.05, 0) is 35.9 Å². The van der Waals surface area contributed by atoms with Crippen molar-refractivity contribution in [2.45, 2.75) is 17.2 Å². The largest absolute Gasteiger partial charge is 0.346 e. The molecule has 0 unspecified atom stereocenters. The van der Waals surface area contributed by atoms with Gasteiger partial charge in [0.25, 0.3) is 5.91 Å². The van der Waals surface area contributed by atoms with Crippen LogP contribution in [0.1, 0.15) is 20.4 Å². The molecule has 1 amide bonds. The average molecular weight is 428 g/mol. The van der Waals surface area contributed by atoms with Gasteiger partial charge in [0, 0.05) is 16.5 Å². The lowest BCUT2D eigenvalue weighted by Crippen LogP contribution is -2.22. The Morgan fingerprint density at radius 3 is 2.69 bits per heavy atom. The summed E-state index contributed by atoms with van der Waals surface area (Å²) in [6, 6.07) is 11.2. The summed E-state index contributed by atoms with van der Waals surface area (Å²) in [7, 11) is 0. The number of benzene rings is 2. The highest BCUT2D eigenvalue weighted by molar-refractivity contribution is 7.98. The van der Waals surface area contributed by atoms with Gasteiger partial charge >= 0.3 is 0 Å². The number of halogens is 3. The normalized spacial score (nSPS) is 10.7. The van der Waals surface area contributed by atoms with Crippen molar-refractivity contribution in [3.05, 3.63) is 73.9 Å². The lowest BCUT2D eigenvalue weighted by molar-refractivity contribution is 0.0950. The lowest BCUT2D eigenvalue weighted by atomic mass is 10.2. The van der Waals surface area contributed by atoms with Crippen molar-refractivity contribution < 1.29 is 9.18 Å². The van der Waals surface area contributed by atoms with Crippen LogP contribution in [-0.4, -0.2) is 16.1 Å². The SMILES string of the molecule is O=C(NCc1ccc(F)cc1)c1nnc(CSc2cc(Cl)ccc2Cl)s1. The van der Waals surface area contributed by atoms with E-state index in [1.54, 1.807) is 30.3 Å². The second kappa shape index (κ2) is 8.81. The van der Waals surface area contributed by atoms with Crippen LogP contribution in [0, 0.1) is 5.82 Å². The zero-order valence-electron chi connectivity index (χ0n) is 13.2.